The van der Waals surface area contributed by atoms with Crippen LogP contribution in [0, 0.1) is 5.41 Å². The molecule has 3 amide bonds. The fourth-order valence-corrected chi connectivity index (χ4v) is 3.64. The highest BCUT2D eigenvalue weighted by Gasteiger charge is 2.44. The Kier molecular flexibility index (Phi) is 6.15. The molecule has 1 aliphatic rings. The summed E-state index contributed by atoms with van der Waals surface area (Å²) < 4.78 is 5.41. The fraction of sp³-hybridized carbons (Fsp3) is 0.458. The lowest BCUT2D eigenvalue weighted by atomic mass is 9.91. The van der Waals surface area contributed by atoms with Gasteiger partial charge in [-0.1, -0.05) is 46.8 Å². The first-order valence-corrected chi connectivity index (χ1v) is 10.4. The van der Waals surface area contributed by atoms with Crippen molar-refractivity contribution in [1.82, 2.24) is 4.90 Å². The third-order valence-electron chi connectivity index (χ3n) is 5.23. The van der Waals surface area contributed by atoms with E-state index in [0.717, 1.165) is 5.56 Å². The van der Waals surface area contributed by atoms with Crippen LogP contribution in [0.4, 0.5) is 5.69 Å². The molecule has 6 heteroatoms. The number of benzene rings is 1. The van der Waals surface area contributed by atoms with Gasteiger partial charge in [0, 0.05) is 6.42 Å². The molecular weight excluding hydrogens is 380 g/mol. The van der Waals surface area contributed by atoms with Crippen LogP contribution in [-0.4, -0.2) is 28.7 Å². The van der Waals surface area contributed by atoms with E-state index in [1.807, 2.05) is 32.9 Å². The molecule has 0 saturated carbocycles. The highest BCUT2D eigenvalue weighted by atomic mass is 16.3. The van der Waals surface area contributed by atoms with Crippen molar-refractivity contribution >= 4 is 23.4 Å². The zero-order chi connectivity index (χ0) is 22.1. The standard InChI is InChI=1S/C24H30N2O4/c1-16(2)17-8-10-18(11-9-17)26-21(27)13-20(23(26)29)25(15-19-7-6-12-30-19)22(28)14-24(3,4)5/h6-12,16,20H,13-15H2,1-5H3. The molecule has 160 valence electrons. The third kappa shape index (κ3) is 4.81. The number of carbonyl (C=O) groups is 3. The van der Waals surface area contributed by atoms with Crippen molar-refractivity contribution in [3.05, 3.63) is 54.0 Å². The lowest BCUT2D eigenvalue weighted by molar-refractivity contribution is -0.140. The summed E-state index contributed by atoms with van der Waals surface area (Å²) in [5.41, 5.74) is 1.43. The van der Waals surface area contributed by atoms with E-state index in [1.165, 1.54) is 16.1 Å². The number of imide groups is 1. The van der Waals surface area contributed by atoms with Crippen LogP contribution in [0.2, 0.25) is 0 Å². The van der Waals surface area contributed by atoms with Gasteiger partial charge in [0.1, 0.15) is 11.8 Å². The Morgan fingerprint density at radius 1 is 1.17 bits per heavy atom. The Morgan fingerprint density at radius 2 is 1.83 bits per heavy atom. The number of hydrogen-bond acceptors (Lipinski definition) is 4. The van der Waals surface area contributed by atoms with Crippen LogP contribution >= 0.6 is 0 Å². The Bertz CT molecular complexity index is 908. The lowest BCUT2D eigenvalue weighted by Crippen LogP contribution is -2.45. The van der Waals surface area contributed by atoms with Crippen LogP contribution in [0.1, 0.15) is 64.7 Å². The van der Waals surface area contributed by atoms with Gasteiger partial charge in [-0.15, -0.1) is 0 Å². The van der Waals surface area contributed by atoms with E-state index in [2.05, 4.69) is 13.8 Å². The number of nitrogens with zero attached hydrogens (tertiary/aromatic N) is 2. The molecule has 1 saturated heterocycles. The number of amides is 3. The van der Waals surface area contributed by atoms with E-state index in [0.29, 0.717) is 17.4 Å². The first kappa shape index (κ1) is 21.8. The SMILES string of the molecule is CC(C)c1ccc(N2C(=O)CC(N(Cc3ccco3)C(=O)CC(C)(C)C)C2=O)cc1. The summed E-state index contributed by atoms with van der Waals surface area (Å²) >= 11 is 0. The molecule has 0 bridgehead atoms. The minimum absolute atomic E-state index is 0.0264. The van der Waals surface area contributed by atoms with Crippen molar-refractivity contribution in [2.24, 2.45) is 5.41 Å². The van der Waals surface area contributed by atoms with E-state index in [9.17, 15) is 14.4 Å². The van der Waals surface area contributed by atoms with Crippen LogP contribution < -0.4 is 4.90 Å². The monoisotopic (exact) mass is 410 g/mol. The topological polar surface area (TPSA) is 70.8 Å². The molecule has 1 atom stereocenters. The van der Waals surface area contributed by atoms with Gasteiger partial charge in [0.15, 0.2) is 0 Å². The quantitative estimate of drug-likeness (QED) is 0.658. The molecular formula is C24H30N2O4. The van der Waals surface area contributed by atoms with E-state index in [4.69, 9.17) is 4.42 Å². The van der Waals surface area contributed by atoms with Crippen molar-refractivity contribution in [1.29, 1.82) is 0 Å². The average Bonchev–Trinajstić information content (AvgIpc) is 3.26. The molecule has 1 unspecified atom stereocenters. The van der Waals surface area contributed by atoms with Gasteiger partial charge in [0.05, 0.1) is 24.9 Å². The molecule has 1 aliphatic heterocycles. The highest BCUT2D eigenvalue weighted by Crippen LogP contribution is 2.30. The van der Waals surface area contributed by atoms with Crippen molar-refractivity contribution in [2.75, 3.05) is 4.90 Å². The normalized spacial score (nSPS) is 17.1. The summed E-state index contributed by atoms with van der Waals surface area (Å²) in [7, 11) is 0. The highest BCUT2D eigenvalue weighted by molar-refractivity contribution is 6.23. The van der Waals surface area contributed by atoms with E-state index in [1.54, 1.807) is 24.3 Å². The minimum atomic E-state index is -0.831. The Morgan fingerprint density at radius 3 is 2.37 bits per heavy atom. The number of hydrogen-bond donors (Lipinski definition) is 0. The van der Waals surface area contributed by atoms with Gasteiger partial charge in [0.2, 0.25) is 11.8 Å². The van der Waals surface area contributed by atoms with Gasteiger partial charge in [-0.05, 0) is 41.2 Å². The van der Waals surface area contributed by atoms with Crippen LogP contribution in [-0.2, 0) is 20.9 Å². The molecule has 0 radical (unpaired) electrons. The molecule has 1 fully saturated rings. The fourth-order valence-electron chi connectivity index (χ4n) is 3.64. The summed E-state index contributed by atoms with van der Waals surface area (Å²) in [5, 5.41) is 0. The predicted molar refractivity (Wildman–Crippen MR) is 115 cm³/mol. The van der Waals surface area contributed by atoms with E-state index in [-0.39, 0.29) is 42.5 Å². The maximum absolute atomic E-state index is 13.3. The molecule has 0 aliphatic carbocycles. The first-order valence-electron chi connectivity index (χ1n) is 10.4. The van der Waals surface area contributed by atoms with E-state index >= 15 is 0 Å². The van der Waals surface area contributed by atoms with Gasteiger partial charge in [-0.2, -0.15) is 0 Å². The maximum atomic E-state index is 13.3. The van der Waals surface area contributed by atoms with Crippen LogP contribution in [0.15, 0.2) is 47.1 Å². The van der Waals surface area contributed by atoms with Crippen molar-refractivity contribution in [3.63, 3.8) is 0 Å². The second kappa shape index (κ2) is 8.46. The van der Waals surface area contributed by atoms with Gasteiger partial charge in [-0.3, -0.25) is 14.4 Å². The molecule has 2 aromatic rings. The number of carbonyl (C=O) groups excluding carboxylic acids is 3. The second-order valence-electron chi connectivity index (χ2n) is 9.37. The summed E-state index contributed by atoms with van der Waals surface area (Å²) in [6.45, 7) is 10.3. The summed E-state index contributed by atoms with van der Waals surface area (Å²) in [6.07, 6.45) is 1.78. The third-order valence-corrected chi connectivity index (χ3v) is 5.23. The molecule has 6 nitrogen and oxygen atoms in total. The molecule has 0 spiro atoms. The summed E-state index contributed by atoms with van der Waals surface area (Å²) in [5.74, 6) is 0.108. The second-order valence-corrected chi connectivity index (χ2v) is 9.37. The van der Waals surface area contributed by atoms with Gasteiger partial charge in [0.25, 0.3) is 5.91 Å². The van der Waals surface area contributed by atoms with Crippen LogP contribution in [0.3, 0.4) is 0 Å². The summed E-state index contributed by atoms with van der Waals surface area (Å²) in [6, 6.07) is 10.1. The zero-order valence-corrected chi connectivity index (χ0v) is 18.3. The molecule has 3 rings (SSSR count). The number of anilines is 1. The Balaban J connectivity index is 1.87. The van der Waals surface area contributed by atoms with Gasteiger partial charge >= 0.3 is 0 Å². The number of furan rings is 1. The molecule has 1 aromatic carbocycles. The summed E-state index contributed by atoms with van der Waals surface area (Å²) in [4.78, 5) is 41.8. The van der Waals surface area contributed by atoms with Gasteiger partial charge in [-0.25, -0.2) is 4.90 Å². The zero-order valence-electron chi connectivity index (χ0n) is 18.3. The van der Waals surface area contributed by atoms with Crippen LogP contribution in [0.5, 0.6) is 0 Å². The van der Waals surface area contributed by atoms with Crippen LogP contribution in [0.25, 0.3) is 0 Å². The first-order chi connectivity index (χ1) is 14.1. The molecule has 2 heterocycles. The molecule has 1 aromatic heterocycles. The smallest absolute Gasteiger partial charge is 0.257 e. The molecule has 0 N–H and O–H groups in total. The Hall–Kier alpha value is -2.89. The van der Waals surface area contributed by atoms with E-state index < -0.39 is 6.04 Å². The maximum Gasteiger partial charge on any atom is 0.257 e. The largest absolute Gasteiger partial charge is 0.467 e. The Labute approximate surface area is 177 Å². The predicted octanol–water partition coefficient (Wildman–Crippen LogP) is 4.50. The minimum Gasteiger partial charge on any atom is -0.467 e. The average molecular weight is 411 g/mol. The van der Waals surface area contributed by atoms with Gasteiger partial charge < -0.3 is 9.32 Å². The number of rotatable bonds is 6. The van der Waals surface area contributed by atoms with Crippen molar-refractivity contribution in [2.45, 2.75) is 66.0 Å². The molecule has 30 heavy (non-hydrogen) atoms. The van der Waals surface area contributed by atoms with Crippen molar-refractivity contribution < 1.29 is 18.8 Å². The van der Waals surface area contributed by atoms with Crippen molar-refractivity contribution in [3.8, 4) is 0 Å². The lowest BCUT2D eigenvalue weighted by Gasteiger charge is -2.29.